The van der Waals surface area contributed by atoms with Gasteiger partial charge >= 0.3 is 6.03 Å². The molecular formula is C13H17N3O2. The van der Waals surface area contributed by atoms with E-state index in [4.69, 9.17) is 4.74 Å². The molecule has 0 saturated carbocycles. The fourth-order valence-corrected chi connectivity index (χ4v) is 1.71. The van der Waals surface area contributed by atoms with E-state index in [2.05, 4.69) is 15.6 Å². The summed E-state index contributed by atoms with van der Waals surface area (Å²) in [4.78, 5) is 15.8. The van der Waals surface area contributed by atoms with Crippen LogP contribution in [-0.4, -0.2) is 24.2 Å². The maximum absolute atomic E-state index is 11.6. The molecule has 5 nitrogen and oxygen atoms in total. The maximum atomic E-state index is 11.6. The number of hydrogen-bond acceptors (Lipinski definition) is 3. The van der Waals surface area contributed by atoms with Crippen LogP contribution in [0.25, 0.3) is 0 Å². The first-order chi connectivity index (χ1) is 8.74. The number of carbonyl (C=O) groups excluding carboxylic acids is 1. The molecule has 2 heterocycles. The molecule has 0 bridgehead atoms. The van der Waals surface area contributed by atoms with Gasteiger partial charge in [-0.25, -0.2) is 9.78 Å². The fraction of sp³-hybridized carbons (Fsp3) is 0.385. The Balaban J connectivity index is 1.85. The molecule has 96 valence electrons. The largest absolute Gasteiger partial charge is 0.381 e. The highest BCUT2D eigenvalue weighted by Crippen LogP contribution is 2.11. The standard InChI is InChI=1S/C13H17N3O2/c1-10-3-2-4-12(15-10)16-13(17)14-9-11-5-7-18-8-6-11/h2-4,9H,5-8H2,1H3,(H2,14,15,16,17). The topological polar surface area (TPSA) is 63.2 Å². The Labute approximate surface area is 106 Å². The van der Waals surface area contributed by atoms with Gasteiger partial charge in [0.15, 0.2) is 0 Å². The van der Waals surface area contributed by atoms with Crippen LogP contribution in [0.2, 0.25) is 0 Å². The van der Waals surface area contributed by atoms with Crippen molar-refractivity contribution in [3.8, 4) is 0 Å². The van der Waals surface area contributed by atoms with Crippen LogP contribution < -0.4 is 10.6 Å². The summed E-state index contributed by atoms with van der Waals surface area (Å²) in [5.74, 6) is 0.554. The Kier molecular flexibility index (Phi) is 4.30. The first kappa shape index (κ1) is 12.6. The minimum absolute atomic E-state index is 0.271. The molecule has 0 atom stereocenters. The molecule has 5 heteroatoms. The molecule has 2 rings (SSSR count). The summed E-state index contributed by atoms with van der Waals surface area (Å²) in [6.45, 7) is 3.34. The lowest BCUT2D eigenvalue weighted by molar-refractivity contribution is 0.119. The maximum Gasteiger partial charge on any atom is 0.324 e. The van der Waals surface area contributed by atoms with Crippen LogP contribution in [0, 0.1) is 6.92 Å². The molecule has 1 aromatic rings. The van der Waals surface area contributed by atoms with E-state index in [1.54, 1.807) is 12.3 Å². The molecule has 0 aliphatic carbocycles. The number of pyridine rings is 1. The Bertz CT molecular complexity index is 449. The van der Waals surface area contributed by atoms with Gasteiger partial charge in [0, 0.05) is 11.9 Å². The predicted molar refractivity (Wildman–Crippen MR) is 69.3 cm³/mol. The Morgan fingerprint density at radius 1 is 1.39 bits per heavy atom. The van der Waals surface area contributed by atoms with Gasteiger partial charge in [0.1, 0.15) is 5.82 Å². The third-order valence-electron chi connectivity index (χ3n) is 2.67. The number of amides is 2. The van der Waals surface area contributed by atoms with Crippen molar-refractivity contribution < 1.29 is 9.53 Å². The van der Waals surface area contributed by atoms with Gasteiger partial charge in [-0.2, -0.15) is 0 Å². The van der Waals surface area contributed by atoms with Gasteiger partial charge in [-0.3, -0.25) is 5.32 Å². The van der Waals surface area contributed by atoms with Crippen LogP contribution in [0.15, 0.2) is 30.0 Å². The number of anilines is 1. The van der Waals surface area contributed by atoms with Crippen molar-refractivity contribution in [2.24, 2.45) is 0 Å². The molecule has 18 heavy (non-hydrogen) atoms. The van der Waals surface area contributed by atoms with E-state index in [1.807, 2.05) is 19.1 Å². The highest BCUT2D eigenvalue weighted by molar-refractivity contribution is 5.88. The van der Waals surface area contributed by atoms with Crippen molar-refractivity contribution in [1.29, 1.82) is 0 Å². The van der Waals surface area contributed by atoms with Crippen LogP contribution >= 0.6 is 0 Å². The third-order valence-corrected chi connectivity index (χ3v) is 2.67. The fourth-order valence-electron chi connectivity index (χ4n) is 1.71. The molecule has 1 fully saturated rings. The zero-order valence-corrected chi connectivity index (χ0v) is 10.4. The lowest BCUT2D eigenvalue weighted by atomic mass is 10.1. The normalized spacial score (nSPS) is 15.1. The Morgan fingerprint density at radius 2 is 2.17 bits per heavy atom. The molecule has 2 amide bonds. The number of aromatic nitrogens is 1. The molecule has 1 aliphatic heterocycles. The number of nitrogens with zero attached hydrogens (tertiary/aromatic N) is 1. The van der Waals surface area contributed by atoms with Gasteiger partial charge < -0.3 is 10.1 Å². The second-order valence-corrected chi connectivity index (χ2v) is 4.18. The molecule has 0 aromatic carbocycles. The first-order valence-corrected chi connectivity index (χ1v) is 6.01. The summed E-state index contributed by atoms with van der Waals surface area (Å²) in [5, 5.41) is 5.40. The average molecular weight is 247 g/mol. The molecule has 0 unspecified atom stereocenters. The number of ether oxygens (including phenoxy) is 1. The number of hydrogen-bond donors (Lipinski definition) is 2. The third kappa shape index (κ3) is 3.85. The van der Waals surface area contributed by atoms with Gasteiger partial charge in [-0.05, 0) is 37.5 Å². The van der Waals surface area contributed by atoms with Gasteiger partial charge in [-0.1, -0.05) is 6.07 Å². The van der Waals surface area contributed by atoms with Gasteiger partial charge in [0.05, 0.1) is 13.2 Å². The number of aryl methyl sites for hydroxylation is 1. The number of urea groups is 1. The minimum atomic E-state index is -0.271. The monoisotopic (exact) mass is 247 g/mol. The van der Waals surface area contributed by atoms with Gasteiger partial charge in [-0.15, -0.1) is 0 Å². The average Bonchev–Trinajstić information content (AvgIpc) is 2.38. The molecule has 2 N–H and O–H groups in total. The smallest absolute Gasteiger partial charge is 0.324 e. The summed E-state index contributed by atoms with van der Waals surface area (Å²) in [6.07, 6.45) is 3.51. The van der Waals surface area contributed by atoms with Crippen molar-refractivity contribution in [3.05, 3.63) is 35.7 Å². The van der Waals surface area contributed by atoms with E-state index in [-0.39, 0.29) is 6.03 Å². The zero-order valence-electron chi connectivity index (χ0n) is 10.4. The van der Waals surface area contributed by atoms with Crippen LogP contribution in [0.1, 0.15) is 18.5 Å². The number of nitrogens with one attached hydrogen (secondary N) is 2. The predicted octanol–water partition coefficient (Wildman–Crippen LogP) is 2.21. The van der Waals surface area contributed by atoms with Crippen LogP contribution in [0.5, 0.6) is 0 Å². The summed E-state index contributed by atoms with van der Waals surface area (Å²) in [7, 11) is 0. The van der Waals surface area contributed by atoms with Crippen LogP contribution in [-0.2, 0) is 4.74 Å². The van der Waals surface area contributed by atoms with Crippen molar-refractivity contribution in [1.82, 2.24) is 10.3 Å². The quantitative estimate of drug-likeness (QED) is 0.842. The number of rotatable bonds is 2. The van der Waals surface area contributed by atoms with E-state index < -0.39 is 0 Å². The van der Waals surface area contributed by atoms with Crippen molar-refractivity contribution >= 4 is 11.8 Å². The van der Waals surface area contributed by atoms with E-state index in [0.29, 0.717) is 5.82 Å². The summed E-state index contributed by atoms with van der Waals surface area (Å²) >= 11 is 0. The minimum Gasteiger partial charge on any atom is -0.381 e. The second kappa shape index (κ2) is 6.16. The molecule has 0 radical (unpaired) electrons. The Hall–Kier alpha value is -1.88. The van der Waals surface area contributed by atoms with Gasteiger partial charge in [0.2, 0.25) is 0 Å². The van der Waals surface area contributed by atoms with Crippen molar-refractivity contribution in [3.63, 3.8) is 0 Å². The lowest BCUT2D eigenvalue weighted by Gasteiger charge is -2.14. The zero-order chi connectivity index (χ0) is 12.8. The summed E-state index contributed by atoms with van der Waals surface area (Å²) in [6, 6.07) is 5.22. The van der Waals surface area contributed by atoms with E-state index in [0.717, 1.165) is 31.7 Å². The van der Waals surface area contributed by atoms with E-state index in [9.17, 15) is 4.79 Å². The van der Waals surface area contributed by atoms with Crippen molar-refractivity contribution in [2.75, 3.05) is 18.5 Å². The molecular weight excluding hydrogens is 230 g/mol. The Morgan fingerprint density at radius 3 is 2.89 bits per heavy atom. The van der Waals surface area contributed by atoms with E-state index >= 15 is 0 Å². The van der Waals surface area contributed by atoms with Crippen LogP contribution in [0.4, 0.5) is 10.6 Å². The molecule has 1 aromatic heterocycles. The molecule has 1 saturated heterocycles. The SMILES string of the molecule is Cc1cccc(NC(=O)NC=C2CCOCC2)n1. The van der Waals surface area contributed by atoms with Crippen molar-refractivity contribution in [2.45, 2.75) is 19.8 Å². The molecule has 1 aliphatic rings. The summed E-state index contributed by atoms with van der Waals surface area (Å²) in [5.41, 5.74) is 2.07. The number of carbonyl (C=O) groups is 1. The highest BCUT2D eigenvalue weighted by Gasteiger charge is 2.06. The molecule has 0 spiro atoms. The highest BCUT2D eigenvalue weighted by atomic mass is 16.5. The van der Waals surface area contributed by atoms with Gasteiger partial charge in [0.25, 0.3) is 0 Å². The first-order valence-electron chi connectivity index (χ1n) is 6.01. The van der Waals surface area contributed by atoms with E-state index in [1.165, 1.54) is 5.57 Å². The van der Waals surface area contributed by atoms with Crippen LogP contribution in [0.3, 0.4) is 0 Å². The second-order valence-electron chi connectivity index (χ2n) is 4.18. The summed E-state index contributed by atoms with van der Waals surface area (Å²) < 4.78 is 5.24. The lowest BCUT2D eigenvalue weighted by Crippen LogP contribution is -2.25.